The number of carbonyl (C=O) groups is 3. The summed E-state index contributed by atoms with van der Waals surface area (Å²) in [6.07, 6.45) is 7.31. The molecule has 202 valence electrons. The molecule has 4 aliphatic carbocycles. The van der Waals surface area contributed by atoms with Crippen LogP contribution in [0, 0.1) is 34.0 Å². The summed E-state index contributed by atoms with van der Waals surface area (Å²) >= 11 is 0. The van der Waals surface area contributed by atoms with Crippen LogP contribution < -0.4 is 0 Å². The molecular formula is C31H37NO6. The zero-order valence-corrected chi connectivity index (χ0v) is 22.4. The molecule has 1 saturated heterocycles. The van der Waals surface area contributed by atoms with E-state index in [1.54, 1.807) is 12.2 Å². The third kappa shape index (κ3) is 3.15. The van der Waals surface area contributed by atoms with E-state index in [1.165, 1.54) is 5.06 Å². The molecule has 1 aromatic carbocycles. The van der Waals surface area contributed by atoms with Crippen molar-refractivity contribution in [1.82, 2.24) is 5.06 Å². The average Bonchev–Trinajstić information content (AvgIpc) is 3.35. The largest absolute Gasteiger partial charge is 0.393 e. The number of ketones is 2. The summed E-state index contributed by atoms with van der Waals surface area (Å²) in [5.41, 5.74) is -1.03. The van der Waals surface area contributed by atoms with Crippen LogP contribution in [-0.4, -0.2) is 57.6 Å². The summed E-state index contributed by atoms with van der Waals surface area (Å²) in [5, 5.41) is 23.3. The quantitative estimate of drug-likeness (QED) is 0.633. The highest BCUT2D eigenvalue weighted by molar-refractivity contribution is 6.01. The fourth-order valence-electron chi connectivity index (χ4n) is 9.44. The predicted octanol–water partition coefficient (Wildman–Crippen LogP) is 3.20. The van der Waals surface area contributed by atoms with Gasteiger partial charge in [-0.05, 0) is 54.7 Å². The van der Waals surface area contributed by atoms with E-state index in [9.17, 15) is 24.6 Å². The Morgan fingerprint density at radius 2 is 1.87 bits per heavy atom. The molecule has 1 aromatic rings. The van der Waals surface area contributed by atoms with Crippen LogP contribution >= 0.6 is 0 Å². The van der Waals surface area contributed by atoms with Gasteiger partial charge in [0.25, 0.3) is 5.91 Å². The summed E-state index contributed by atoms with van der Waals surface area (Å²) in [6.45, 7) is 5.98. The van der Waals surface area contributed by atoms with Gasteiger partial charge in [-0.1, -0.05) is 62.8 Å². The first-order chi connectivity index (χ1) is 18.0. The lowest BCUT2D eigenvalue weighted by atomic mass is 9.41. The number of nitrogens with zero attached hydrogens (tertiary/aromatic N) is 1. The summed E-state index contributed by atoms with van der Waals surface area (Å²) in [6, 6.07) is 9.44. The molecule has 7 nitrogen and oxygen atoms in total. The topological polar surface area (TPSA) is 104 Å². The molecule has 38 heavy (non-hydrogen) atoms. The van der Waals surface area contributed by atoms with Crippen LogP contribution in [0.15, 0.2) is 54.1 Å². The molecule has 6 rings (SSSR count). The van der Waals surface area contributed by atoms with Crippen molar-refractivity contribution in [2.75, 3.05) is 13.2 Å². The minimum absolute atomic E-state index is 0.00571. The molecule has 0 aromatic heterocycles. The first-order valence-electron chi connectivity index (χ1n) is 13.8. The van der Waals surface area contributed by atoms with Gasteiger partial charge in [0.15, 0.2) is 17.2 Å². The lowest BCUT2D eigenvalue weighted by Gasteiger charge is -2.64. The fourth-order valence-corrected chi connectivity index (χ4v) is 9.44. The fraction of sp³-hybridized carbons (Fsp3) is 0.581. The van der Waals surface area contributed by atoms with Crippen LogP contribution in [-0.2, 0) is 25.6 Å². The number of hydrogen-bond donors (Lipinski definition) is 2. The van der Waals surface area contributed by atoms with Gasteiger partial charge in [0.1, 0.15) is 6.61 Å². The molecule has 3 saturated carbocycles. The maximum atomic E-state index is 13.7. The Hall–Kier alpha value is -2.61. The third-order valence-corrected chi connectivity index (χ3v) is 11.3. The highest BCUT2D eigenvalue weighted by Gasteiger charge is 2.79. The molecule has 7 heteroatoms. The van der Waals surface area contributed by atoms with Crippen molar-refractivity contribution in [2.24, 2.45) is 34.0 Å². The Bertz CT molecular complexity index is 1260. The number of aliphatic hydroxyl groups excluding tert-OH is 2. The Morgan fingerprint density at radius 3 is 2.58 bits per heavy atom. The van der Waals surface area contributed by atoms with E-state index in [0.717, 1.165) is 24.0 Å². The number of Topliss-reactive ketones (excluding diaryl/α,β-unsaturated/α-hetero) is 1. The van der Waals surface area contributed by atoms with Crippen LogP contribution in [0.2, 0.25) is 0 Å². The summed E-state index contributed by atoms with van der Waals surface area (Å²) in [4.78, 5) is 45.6. The molecule has 0 unspecified atom stereocenters. The number of hydroxylamine groups is 2. The number of aliphatic hydroxyl groups is 2. The SMILES string of the molecule is C[C@]12C[C@H](O)[C@H]3[C@@H](CCC4=CC(=O)C=C[C@@]43C)[C@]1(C)C[C@H]1CN(C(=O)Cc3ccccc3)O[C@]12C(=O)CO. The molecule has 1 aliphatic heterocycles. The minimum Gasteiger partial charge on any atom is -0.393 e. The maximum absolute atomic E-state index is 13.7. The normalized spacial score (nSPS) is 43.1. The van der Waals surface area contributed by atoms with E-state index in [-0.39, 0.29) is 47.8 Å². The number of fused-ring (bicyclic) bond motifs is 7. The maximum Gasteiger partial charge on any atom is 0.250 e. The van der Waals surface area contributed by atoms with Gasteiger partial charge in [-0.25, -0.2) is 5.06 Å². The average molecular weight is 520 g/mol. The van der Waals surface area contributed by atoms with E-state index in [0.29, 0.717) is 12.8 Å². The van der Waals surface area contributed by atoms with E-state index < -0.39 is 34.9 Å². The zero-order valence-electron chi connectivity index (χ0n) is 22.4. The number of amides is 1. The van der Waals surface area contributed by atoms with Gasteiger partial charge in [-0.2, -0.15) is 0 Å². The first kappa shape index (κ1) is 25.7. The highest BCUT2D eigenvalue weighted by Crippen LogP contribution is 2.75. The Kier molecular flexibility index (Phi) is 5.70. The smallest absolute Gasteiger partial charge is 0.250 e. The van der Waals surface area contributed by atoms with Crippen molar-refractivity contribution in [3.05, 3.63) is 59.7 Å². The molecule has 1 heterocycles. The van der Waals surface area contributed by atoms with Crippen LogP contribution in [0.3, 0.4) is 0 Å². The minimum atomic E-state index is -1.38. The highest BCUT2D eigenvalue weighted by atomic mass is 16.7. The lowest BCUT2D eigenvalue weighted by molar-refractivity contribution is -0.261. The van der Waals surface area contributed by atoms with Crippen LogP contribution in [0.1, 0.15) is 52.0 Å². The van der Waals surface area contributed by atoms with Crippen LogP contribution in [0.5, 0.6) is 0 Å². The molecule has 5 aliphatic rings. The van der Waals surface area contributed by atoms with E-state index in [4.69, 9.17) is 4.84 Å². The molecule has 1 amide bonds. The molecule has 8 atom stereocenters. The second-order valence-electron chi connectivity index (χ2n) is 12.8. The van der Waals surface area contributed by atoms with Gasteiger partial charge in [0, 0.05) is 22.7 Å². The monoisotopic (exact) mass is 519 g/mol. The van der Waals surface area contributed by atoms with Crippen molar-refractivity contribution in [2.45, 2.75) is 64.6 Å². The Morgan fingerprint density at radius 1 is 1.13 bits per heavy atom. The molecular weight excluding hydrogens is 482 g/mol. The van der Waals surface area contributed by atoms with Gasteiger partial charge < -0.3 is 10.2 Å². The molecule has 0 bridgehead atoms. The van der Waals surface area contributed by atoms with Crippen molar-refractivity contribution in [3.63, 3.8) is 0 Å². The Labute approximate surface area is 223 Å². The number of benzene rings is 1. The second kappa shape index (κ2) is 8.44. The Balaban J connectivity index is 1.37. The second-order valence-corrected chi connectivity index (χ2v) is 12.8. The van der Waals surface area contributed by atoms with Crippen LogP contribution in [0.25, 0.3) is 0 Å². The van der Waals surface area contributed by atoms with Gasteiger partial charge >= 0.3 is 0 Å². The van der Waals surface area contributed by atoms with Crippen molar-refractivity contribution in [1.29, 1.82) is 0 Å². The van der Waals surface area contributed by atoms with Gasteiger partial charge in [0.05, 0.1) is 19.1 Å². The number of allylic oxidation sites excluding steroid dienone is 4. The van der Waals surface area contributed by atoms with E-state index in [2.05, 4.69) is 13.8 Å². The first-order valence-corrected chi connectivity index (χ1v) is 13.8. The van der Waals surface area contributed by atoms with Crippen LogP contribution in [0.4, 0.5) is 0 Å². The number of hydrogen-bond acceptors (Lipinski definition) is 6. The van der Waals surface area contributed by atoms with Gasteiger partial charge in [-0.15, -0.1) is 0 Å². The zero-order chi connectivity index (χ0) is 27.1. The molecule has 0 radical (unpaired) electrons. The molecule has 2 N–H and O–H groups in total. The third-order valence-electron chi connectivity index (χ3n) is 11.3. The predicted molar refractivity (Wildman–Crippen MR) is 139 cm³/mol. The standard InChI is InChI=1S/C31H37NO6/c1-28-12-11-22(34)14-20(28)9-10-23-27(28)24(35)16-30(3)29(23,2)15-21-17-32(38-31(21,30)25(36)18-33)26(37)13-19-7-5-4-6-8-19/h4-8,11-12,14,21,23-24,27,33,35H,9-10,13,15-18H2,1-3H3/t21-,23+,24-,27+,28-,29-,30-,31-/m0/s1. The van der Waals surface area contributed by atoms with Gasteiger partial charge in [-0.3, -0.25) is 19.2 Å². The van der Waals surface area contributed by atoms with Crippen molar-refractivity contribution >= 4 is 17.5 Å². The molecule has 0 spiro atoms. The van der Waals surface area contributed by atoms with Crippen molar-refractivity contribution < 1.29 is 29.4 Å². The van der Waals surface area contributed by atoms with Gasteiger partial charge in [0.2, 0.25) is 0 Å². The van der Waals surface area contributed by atoms with Crippen molar-refractivity contribution in [3.8, 4) is 0 Å². The summed E-state index contributed by atoms with van der Waals surface area (Å²) in [5.74, 6) is -0.930. The summed E-state index contributed by atoms with van der Waals surface area (Å²) < 4.78 is 0. The lowest BCUT2D eigenvalue weighted by Crippen LogP contribution is -2.66. The molecule has 4 fully saturated rings. The van der Waals surface area contributed by atoms with E-state index >= 15 is 0 Å². The summed E-state index contributed by atoms with van der Waals surface area (Å²) in [7, 11) is 0. The number of carbonyl (C=O) groups excluding carboxylic acids is 3. The number of rotatable bonds is 4. The van der Waals surface area contributed by atoms with E-state index in [1.807, 2.05) is 43.3 Å².